The SMILES string of the molecule is CCN(CC)[C@@H](CNC(=O)[C@H]1CN(C(C)=O)c2ccccc2O1)Cc1ccccc1. The lowest BCUT2D eigenvalue weighted by Crippen LogP contribution is -2.53. The summed E-state index contributed by atoms with van der Waals surface area (Å²) >= 11 is 0. The summed E-state index contributed by atoms with van der Waals surface area (Å²) in [6.45, 7) is 8.34. The van der Waals surface area contributed by atoms with Gasteiger partial charge in [0.25, 0.3) is 5.91 Å². The number of ether oxygens (including phenoxy) is 1. The molecule has 6 heteroatoms. The topological polar surface area (TPSA) is 61.9 Å². The Hall–Kier alpha value is -2.86. The van der Waals surface area contributed by atoms with Gasteiger partial charge in [-0.1, -0.05) is 56.3 Å². The summed E-state index contributed by atoms with van der Waals surface area (Å²) in [7, 11) is 0. The fourth-order valence-electron chi connectivity index (χ4n) is 3.96. The van der Waals surface area contributed by atoms with Crippen LogP contribution in [0.5, 0.6) is 5.75 Å². The van der Waals surface area contributed by atoms with Crippen molar-refractivity contribution in [1.29, 1.82) is 0 Å². The number of rotatable bonds is 8. The quantitative estimate of drug-likeness (QED) is 0.728. The van der Waals surface area contributed by atoms with Crippen LogP contribution < -0.4 is 15.0 Å². The van der Waals surface area contributed by atoms with E-state index in [9.17, 15) is 9.59 Å². The summed E-state index contributed by atoms with van der Waals surface area (Å²) in [5.41, 5.74) is 1.95. The predicted octanol–water partition coefficient (Wildman–Crippen LogP) is 2.87. The van der Waals surface area contributed by atoms with E-state index in [1.807, 2.05) is 36.4 Å². The molecule has 0 aromatic heterocycles. The summed E-state index contributed by atoms with van der Waals surface area (Å²) in [6, 6.07) is 17.8. The maximum absolute atomic E-state index is 12.9. The molecule has 0 aliphatic carbocycles. The highest BCUT2D eigenvalue weighted by molar-refractivity contribution is 5.95. The van der Waals surface area contributed by atoms with Crippen molar-refractivity contribution < 1.29 is 14.3 Å². The highest BCUT2D eigenvalue weighted by atomic mass is 16.5. The molecule has 2 aromatic carbocycles. The summed E-state index contributed by atoms with van der Waals surface area (Å²) in [5, 5.41) is 3.07. The fraction of sp³-hybridized carbons (Fsp3) is 0.417. The normalized spacial score (nSPS) is 16.5. The highest BCUT2D eigenvalue weighted by Crippen LogP contribution is 2.33. The van der Waals surface area contributed by atoms with E-state index < -0.39 is 6.10 Å². The molecule has 2 aromatic rings. The predicted molar refractivity (Wildman–Crippen MR) is 119 cm³/mol. The zero-order chi connectivity index (χ0) is 21.5. The van der Waals surface area contributed by atoms with E-state index in [0.717, 1.165) is 19.5 Å². The Kier molecular flexibility index (Phi) is 7.46. The zero-order valence-corrected chi connectivity index (χ0v) is 18.0. The number of benzene rings is 2. The van der Waals surface area contributed by atoms with Crippen molar-refractivity contribution in [1.82, 2.24) is 10.2 Å². The van der Waals surface area contributed by atoms with Crippen LogP contribution in [0.1, 0.15) is 26.3 Å². The van der Waals surface area contributed by atoms with Gasteiger partial charge in [0, 0.05) is 19.5 Å². The Bertz CT molecular complexity index is 852. The lowest BCUT2D eigenvalue weighted by molar-refractivity contribution is -0.128. The number of para-hydroxylation sites is 2. The minimum atomic E-state index is -0.724. The third-order valence-corrected chi connectivity index (χ3v) is 5.60. The average molecular weight is 410 g/mol. The number of amides is 2. The Balaban J connectivity index is 1.68. The van der Waals surface area contributed by atoms with Gasteiger partial charge in [0.2, 0.25) is 5.91 Å². The monoisotopic (exact) mass is 409 g/mol. The van der Waals surface area contributed by atoms with Gasteiger partial charge in [-0.15, -0.1) is 0 Å². The van der Waals surface area contributed by atoms with Gasteiger partial charge >= 0.3 is 0 Å². The van der Waals surface area contributed by atoms with Gasteiger partial charge in [-0.25, -0.2) is 0 Å². The molecule has 30 heavy (non-hydrogen) atoms. The third-order valence-electron chi connectivity index (χ3n) is 5.60. The molecule has 0 unspecified atom stereocenters. The lowest BCUT2D eigenvalue weighted by atomic mass is 10.0. The van der Waals surface area contributed by atoms with Crippen LogP contribution in [0.25, 0.3) is 0 Å². The van der Waals surface area contributed by atoms with E-state index in [-0.39, 0.29) is 24.4 Å². The number of fused-ring (bicyclic) bond motifs is 1. The number of carbonyl (C=O) groups is 2. The molecule has 0 saturated heterocycles. The zero-order valence-electron chi connectivity index (χ0n) is 18.0. The van der Waals surface area contributed by atoms with Crippen LogP contribution in [-0.2, 0) is 16.0 Å². The number of likely N-dealkylation sites (N-methyl/N-ethyl adjacent to an activating group) is 1. The first kappa shape index (κ1) is 21.8. The molecule has 2 atom stereocenters. The molecule has 2 amide bonds. The molecule has 3 rings (SSSR count). The van der Waals surface area contributed by atoms with Gasteiger partial charge in [0.05, 0.1) is 12.2 Å². The summed E-state index contributed by atoms with van der Waals surface area (Å²) in [6.07, 6.45) is 0.134. The Labute approximate surface area is 178 Å². The molecule has 0 spiro atoms. The standard InChI is InChI=1S/C24H31N3O3/c1-4-26(5-2)20(15-19-11-7-6-8-12-19)16-25-24(29)23-17-27(18(3)28)21-13-9-10-14-22(21)30-23/h6-14,20,23H,4-5,15-17H2,1-3H3,(H,25,29)/t20-,23-/m1/s1. The largest absolute Gasteiger partial charge is 0.477 e. The van der Waals surface area contributed by atoms with E-state index in [2.05, 4.69) is 36.2 Å². The lowest BCUT2D eigenvalue weighted by Gasteiger charge is -2.34. The van der Waals surface area contributed by atoms with Crippen LogP contribution in [0.3, 0.4) is 0 Å². The third kappa shape index (κ3) is 5.19. The molecule has 160 valence electrons. The first-order valence-corrected chi connectivity index (χ1v) is 10.6. The molecule has 1 heterocycles. The van der Waals surface area contributed by atoms with Crippen molar-refractivity contribution in [3.63, 3.8) is 0 Å². The van der Waals surface area contributed by atoms with Crippen molar-refractivity contribution in [2.45, 2.75) is 39.3 Å². The minimum Gasteiger partial charge on any atom is -0.477 e. The first-order valence-electron chi connectivity index (χ1n) is 10.6. The van der Waals surface area contributed by atoms with Crippen molar-refractivity contribution in [3.8, 4) is 5.75 Å². The maximum atomic E-state index is 12.9. The number of hydrogen-bond acceptors (Lipinski definition) is 4. The number of nitrogens with zero attached hydrogens (tertiary/aromatic N) is 2. The highest BCUT2D eigenvalue weighted by Gasteiger charge is 2.32. The molecule has 0 radical (unpaired) electrons. The number of nitrogens with one attached hydrogen (secondary N) is 1. The molecule has 0 fully saturated rings. The van der Waals surface area contributed by atoms with E-state index in [1.54, 1.807) is 11.0 Å². The first-order chi connectivity index (χ1) is 14.5. The fourth-order valence-corrected chi connectivity index (χ4v) is 3.96. The Morgan fingerprint density at radius 1 is 1.10 bits per heavy atom. The average Bonchev–Trinajstić information content (AvgIpc) is 2.77. The van der Waals surface area contributed by atoms with Crippen LogP contribution >= 0.6 is 0 Å². The second kappa shape index (κ2) is 10.3. The van der Waals surface area contributed by atoms with E-state index in [0.29, 0.717) is 18.0 Å². The van der Waals surface area contributed by atoms with Crippen molar-refractivity contribution in [3.05, 3.63) is 60.2 Å². The summed E-state index contributed by atoms with van der Waals surface area (Å²) in [4.78, 5) is 29.0. The van der Waals surface area contributed by atoms with Crippen LogP contribution in [0, 0.1) is 0 Å². The Morgan fingerprint density at radius 2 is 1.77 bits per heavy atom. The van der Waals surface area contributed by atoms with Gasteiger partial charge in [0.1, 0.15) is 5.75 Å². The van der Waals surface area contributed by atoms with Crippen LogP contribution in [-0.4, -0.2) is 55.0 Å². The second-order valence-corrected chi connectivity index (χ2v) is 7.51. The van der Waals surface area contributed by atoms with E-state index in [1.165, 1.54) is 12.5 Å². The van der Waals surface area contributed by atoms with Crippen molar-refractivity contribution in [2.24, 2.45) is 0 Å². The molecule has 1 N–H and O–H groups in total. The second-order valence-electron chi connectivity index (χ2n) is 7.51. The molecular weight excluding hydrogens is 378 g/mol. The smallest absolute Gasteiger partial charge is 0.263 e. The van der Waals surface area contributed by atoms with E-state index in [4.69, 9.17) is 4.74 Å². The van der Waals surface area contributed by atoms with Crippen molar-refractivity contribution in [2.75, 3.05) is 31.1 Å². The van der Waals surface area contributed by atoms with Crippen LogP contribution in [0.15, 0.2) is 54.6 Å². The van der Waals surface area contributed by atoms with Crippen LogP contribution in [0.4, 0.5) is 5.69 Å². The van der Waals surface area contributed by atoms with Gasteiger partial charge in [0.15, 0.2) is 6.10 Å². The van der Waals surface area contributed by atoms with E-state index >= 15 is 0 Å². The number of anilines is 1. The van der Waals surface area contributed by atoms with Gasteiger partial charge in [-0.3, -0.25) is 14.5 Å². The molecule has 0 saturated carbocycles. The minimum absolute atomic E-state index is 0.103. The summed E-state index contributed by atoms with van der Waals surface area (Å²) in [5.74, 6) is 0.262. The van der Waals surface area contributed by atoms with Crippen LogP contribution in [0.2, 0.25) is 0 Å². The molecule has 1 aliphatic heterocycles. The summed E-state index contributed by atoms with van der Waals surface area (Å²) < 4.78 is 5.92. The molecular formula is C24H31N3O3. The Morgan fingerprint density at radius 3 is 2.43 bits per heavy atom. The number of carbonyl (C=O) groups excluding carboxylic acids is 2. The molecule has 6 nitrogen and oxygen atoms in total. The van der Waals surface area contributed by atoms with Crippen molar-refractivity contribution >= 4 is 17.5 Å². The van der Waals surface area contributed by atoms with Gasteiger partial charge in [-0.2, -0.15) is 0 Å². The number of hydrogen-bond donors (Lipinski definition) is 1. The molecule has 0 bridgehead atoms. The molecule has 1 aliphatic rings. The van der Waals surface area contributed by atoms with Gasteiger partial charge < -0.3 is 15.0 Å². The van der Waals surface area contributed by atoms with Gasteiger partial charge in [-0.05, 0) is 37.2 Å². The maximum Gasteiger partial charge on any atom is 0.263 e.